The van der Waals surface area contributed by atoms with Gasteiger partial charge in [0.1, 0.15) is 0 Å². The molecule has 1 nitrogen and oxygen atoms in total. The summed E-state index contributed by atoms with van der Waals surface area (Å²) in [6.07, 6.45) is 0. The van der Waals surface area contributed by atoms with Crippen LogP contribution in [0.2, 0.25) is 0 Å². The second-order valence-corrected chi connectivity index (χ2v) is 4.18. The van der Waals surface area contributed by atoms with Crippen LogP contribution in [0.3, 0.4) is 0 Å². The Morgan fingerprint density at radius 1 is 1.00 bits per heavy atom. The molecule has 0 fully saturated rings. The topological polar surface area (TPSA) is 12.9 Å². The van der Waals surface area contributed by atoms with Crippen LogP contribution in [0.1, 0.15) is 24.4 Å². The van der Waals surface area contributed by atoms with E-state index < -0.39 is 0 Å². The van der Waals surface area contributed by atoms with E-state index in [4.69, 9.17) is 0 Å². The second kappa shape index (κ2) is 5.66. The Bertz CT molecular complexity index is 401. The van der Waals surface area contributed by atoms with Gasteiger partial charge in [-0.05, 0) is 13.8 Å². The van der Waals surface area contributed by atoms with Crippen molar-refractivity contribution in [1.82, 2.24) is 4.98 Å². The zero-order chi connectivity index (χ0) is 11.3. The molecular weight excluding hydrogens is 202 g/mol. The molecule has 0 N–H and O–H groups in total. The molecule has 2 aromatic rings. The monoisotopic (exact) mass is 219 g/mol. The number of benzene rings is 1. The summed E-state index contributed by atoms with van der Waals surface area (Å²) in [5.41, 5.74) is 3.58. The largest absolute Gasteiger partial charge is 0.242 e. The highest BCUT2D eigenvalue weighted by atomic mass is 32.1. The van der Waals surface area contributed by atoms with Gasteiger partial charge in [-0.1, -0.05) is 43.7 Å². The number of thiazole rings is 1. The average molecular weight is 219 g/mol. The molecule has 0 aliphatic heterocycles. The lowest BCUT2D eigenvalue weighted by Crippen LogP contribution is -1.78. The SMILES string of the molecule is CC.Cc1ccc(-c2csc(C)n2)cc1. The Morgan fingerprint density at radius 2 is 1.60 bits per heavy atom. The maximum atomic E-state index is 4.43. The maximum absolute atomic E-state index is 4.43. The van der Waals surface area contributed by atoms with E-state index in [-0.39, 0.29) is 0 Å². The molecule has 0 saturated carbocycles. The fourth-order valence-electron chi connectivity index (χ4n) is 1.22. The molecule has 1 aromatic heterocycles. The van der Waals surface area contributed by atoms with E-state index in [2.05, 4.69) is 41.6 Å². The van der Waals surface area contributed by atoms with E-state index in [1.165, 1.54) is 11.1 Å². The third-order valence-corrected chi connectivity index (χ3v) is 2.74. The van der Waals surface area contributed by atoms with Crippen molar-refractivity contribution in [3.05, 3.63) is 40.2 Å². The Labute approximate surface area is 95.8 Å². The highest BCUT2D eigenvalue weighted by Gasteiger charge is 2.00. The van der Waals surface area contributed by atoms with Crippen LogP contribution in [0, 0.1) is 13.8 Å². The first-order valence-corrected chi connectivity index (χ1v) is 6.13. The van der Waals surface area contributed by atoms with Crippen molar-refractivity contribution in [2.75, 3.05) is 0 Å². The van der Waals surface area contributed by atoms with Crippen molar-refractivity contribution in [1.29, 1.82) is 0 Å². The van der Waals surface area contributed by atoms with Crippen molar-refractivity contribution in [3.8, 4) is 11.3 Å². The number of aryl methyl sites for hydroxylation is 2. The molecule has 0 radical (unpaired) electrons. The van der Waals surface area contributed by atoms with Gasteiger partial charge in [-0.15, -0.1) is 11.3 Å². The molecule has 1 heterocycles. The second-order valence-electron chi connectivity index (χ2n) is 3.12. The first-order valence-electron chi connectivity index (χ1n) is 5.25. The van der Waals surface area contributed by atoms with Crippen LogP contribution in [-0.2, 0) is 0 Å². The van der Waals surface area contributed by atoms with Crippen LogP contribution in [-0.4, -0.2) is 4.98 Å². The van der Waals surface area contributed by atoms with E-state index in [1.54, 1.807) is 11.3 Å². The standard InChI is InChI=1S/C11H11NS.C2H6/c1-8-3-5-10(6-4-8)11-7-13-9(2)12-11;1-2/h3-7H,1-2H3;1-2H3. The fraction of sp³-hybridized carbons (Fsp3) is 0.308. The molecule has 0 unspecified atom stereocenters. The van der Waals surface area contributed by atoms with Gasteiger partial charge in [0.25, 0.3) is 0 Å². The highest BCUT2D eigenvalue weighted by Crippen LogP contribution is 2.21. The summed E-state index contributed by atoms with van der Waals surface area (Å²) >= 11 is 1.69. The number of hydrogen-bond acceptors (Lipinski definition) is 2. The molecular formula is C13H17NS. The van der Waals surface area contributed by atoms with E-state index in [9.17, 15) is 0 Å². The first kappa shape index (κ1) is 11.9. The molecule has 0 bridgehead atoms. The van der Waals surface area contributed by atoms with Gasteiger partial charge in [0.15, 0.2) is 0 Å². The van der Waals surface area contributed by atoms with Crippen molar-refractivity contribution in [2.45, 2.75) is 27.7 Å². The lowest BCUT2D eigenvalue weighted by Gasteiger charge is -1.96. The molecule has 1 aromatic carbocycles. The lowest BCUT2D eigenvalue weighted by atomic mass is 10.1. The molecule has 0 atom stereocenters. The van der Waals surface area contributed by atoms with Crippen molar-refractivity contribution < 1.29 is 0 Å². The van der Waals surface area contributed by atoms with E-state index in [0.29, 0.717) is 0 Å². The summed E-state index contributed by atoms with van der Waals surface area (Å²) in [5, 5.41) is 3.22. The van der Waals surface area contributed by atoms with Gasteiger partial charge >= 0.3 is 0 Å². The minimum atomic E-state index is 1.09. The Balaban J connectivity index is 0.000000531. The van der Waals surface area contributed by atoms with Gasteiger partial charge in [-0.2, -0.15) is 0 Å². The Kier molecular flexibility index (Phi) is 4.50. The molecule has 80 valence electrons. The summed E-state index contributed by atoms with van der Waals surface area (Å²) < 4.78 is 0. The third kappa shape index (κ3) is 3.17. The molecule has 0 aliphatic rings. The van der Waals surface area contributed by atoms with Gasteiger partial charge < -0.3 is 0 Å². The lowest BCUT2D eigenvalue weighted by molar-refractivity contribution is 1.29. The predicted molar refractivity (Wildman–Crippen MR) is 68.4 cm³/mol. The predicted octanol–water partition coefficient (Wildman–Crippen LogP) is 4.45. The fourth-order valence-corrected chi connectivity index (χ4v) is 1.84. The van der Waals surface area contributed by atoms with Crippen molar-refractivity contribution in [3.63, 3.8) is 0 Å². The minimum Gasteiger partial charge on any atom is -0.242 e. The number of nitrogens with zero attached hydrogens (tertiary/aromatic N) is 1. The van der Waals surface area contributed by atoms with E-state index in [0.717, 1.165) is 10.7 Å². The molecule has 0 amide bonds. The van der Waals surface area contributed by atoms with Crippen LogP contribution >= 0.6 is 11.3 Å². The summed E-state index contributed by atoms with van der Waals surface area (Å²) in [6, 6.07) is 8.46. The number of hydrogen-bond donors (Lipinski definition) is 0. The molecule has 0 spiro atoms. The molecule has 2 rings (SSSR count). The first-order chi connectivity index (χ1) is 7.25. The van der Waals surface area contributed by atoms with Crippen LogP contribution in [0.15, 0.2) is 29.6 Å². The highest BCUT2D eigenvalue weighted by molar-refractivity contribution is 7.09. The van der Waals surface area contributed by atoms with Gasteiger partial charge in [0, 0.05) is 10.9 Å². The molecule has 15 heavy (non-hydrogen) atoms. The molecule has 2 heteroatoms. The normalized spacial score (nSPS) is 9.33. The molecule has 0 aliphatic carbocycles. The van der Waals surface area contributed by atoms with Crippen LogP contribution in [0.5, 0.6) is 0 Å². The van der Waals surface area contributed by atoms with Gasteiger partial charge in [0.05, 0.1) is 10.7 Å². The third-order valence-electron chi connectivity index (χ3n) is 1.97. The smallest absolute Gasteiger partial charge is 0.0901 e. The summed E-state index contributed by atoms with van der Waals surface area (Å²) in [4.78, 5) is 4.43. The number of aromatic nitrogens is 1. The molecule has 0 saturated heterocycles. The minimum absolute atomic E-state index is 1.09. The van der Waals surface area contributed by atoms with E-state index >= 15 is 0 Å². The Hall–Kier alpha value is -1.15. The van der Waals surface area contributed by atoms with E-state index in [1.807, 2.05) is 20.8 Å². The quantitative estimate of drug-likeness (QED) is 0.690. The maximum Gasteiger partial charge on any atom is 0.0901 e. The van der Waals surface area contributed by atoms with Crippen molar-refractivity contribution >= 4 is 11.3 Å². The summed E-state index contributed by atoms with van der Waals surface area (Å²) in [6.45, 7) is 8.12. The zero-order valence-electron chi connectivity index (χ0n) is 9.74. The van der Waals surface area contributed by atoms with Gasteiger partial charge in [-0.3, -0.25) is 0 Å². The number of rotatable bonds is 1. The van der Waals surface area contributed by atoms with Crippen molar-refractivity contribution in [2.24, 2.45) is 0 Å². The average Bonchev–Trinajstić information content (AvgIpc) is 2.69. The van der Waals surface area contributed by atoms with Gasteiger partial charge in [-0.25, -0.2) is 4.98 Å². The van der Waals surface area contributed by atoms with Gasteiger partial charge in [0.2, 0.25) is 0 Å². The van der Waals surface area contributed by atoms with Crippen LogP contribution in [0.25, 0.3) is 11.3 Å². The summed E-state index contributed by atoms with van der Waals surface area (Å²) in [5.74, 6) is 0. The Morgan fingerprint density at radius 3 is 2.07 bits per heavy atom. The summed E-state index contributed by atoms with van der Waals surface area (Å²) in [7, 11) is 0. The van der Waals surface area contributed by atoms with Crippen LogP contribution in [0.4, 0.5) is 0 Å². The zero-order valence-corrected chi connectivity index (χ0v) is 10.6. The van der Waals surface area contributed by atoms with Crippen LogP contribution < -0.4 is 0 Å².